The van der Waals surface area contributed by atoms with Gasteiger partial charge in [-0.05, 0) is 48.0 Å². The molecule has 2 aromatic carbocycles. The number of ether oxygens (including phenoxy) is 1. The van der Waals surface area contributed by atoms with Crippen LogP contribution in [0.15, 0.2) is 60.8 Å². The van der Waals surface area contributed by atoms with Gasteiger partial charge in [0.25, 0.3) is 5.91 Å². The molecule has 0 radical (unpaired) electrons. The predicted molar refractivity (Wildman–Crippen MR) is 112 cm³/mol. The number of piperazine rings is 1. The minimum atomic E-state index is -0.226. The number of amides is 1. The monoisotopic (exact) mass is 428 g/mol. The van der Waals surface area contributed by atoms with E-state index >= 15 is 0 Å². The molecule has 0 saturated carbocycles. The van der Waals surface area contributed by atoms with Gasteiger partial charge in [0, 0.05) is 43.9 Å². The molecule has 0 aliphatic carbocycles. The lowest BCUT2D eigenvalue weighted by Crippen LogP contribution is -2.48. The predicted octanol–water partition coefficient (Wildman–Crippen LogP) is 3.67. The second-order valence-electron chi connectivity index (χ2n) is 7.14. The summed E-state index contributed by atoms with van der Waals surface area (Å²) >= 11 is 5.88. The number of carbonyl (C=O) groups excluding carboxylic acids is 1. The summed E-state index contributed by atoms with van der Waals surface area (Å²) in [6, 6.07) is 15.4. The van der Waals surface area contributed by atoms with Gasteiger partial charge in [-0.2, -0.15) is 5.10 Å². The van der Waals surface area contributed by atoms with Gasteiger partial charge in [-0.25, -0.2) is 9.07 Å². The fourth-order valence-corrected chi connectivity index (χ4v) is 3.57. The van der Waals surface area contributed by atoms with Crippen molar-refractivity contribution in [1.29, 1.82) is 0 Å². The molecule has 4 rings (SSSR count). The SMILES string of the molecule is O=C(c1ccnn1COc1ccc(Cl)cc1)N1CCN(Cc2cccc(F)c2)CC1. The number of benzene rings is 2. The smallest absolute Gasteiger partial charge is 0.272 e. The molecule has 0 unspecified atom stereocenters. The summed E-state index contributed by atoms with van der Waals surface area (Å²) in [6.45, 7) is 3.49. The van der Waals surface area contributed by atoms with Crippen LogP contribution in [0.25, 0.3) is 0 Å². The Kier molecular flexibility index (Phi) is 6.30. The first-order valence-electron chi connectivity index (χ1n) is 9.75. The third-order valence-electron chi connectivity index (χ3n) is 5.06. The van der Waals surface area contributed by atoms with Crippen LogP contribution >= 0.6 is 11.6 Å². The molecule has 6 nitrogen and oxygen atoms in total. The van der Waals surface area contributed by atoms with Gasteiger partial charge in [-0.15, -0.1) is 0 Å². The Balaban J connectivity index is 1.32. The number of carbonyl (C=O) groups is 1. The summed E-state index contributed by atoms with van der Waals surface area (Å²) in [5.41, 5.74) is 1.43. The third-order valence-corrected chi connectivity index (χ3v) is 5.31. The van der Waals surface area contributed by atoms with E-state index in [1.807, 2.05) is 11.0 Å². The Bertz CT molecular complexity index is 1000. The van der Waals surface area contributed by atoms with Crippen LogP contribution in [0.5, 0.6) is 5.75 Å². The molecule has 0 bridgehead atoms. The van der Waals surface area contributed by atoms with Crippen molar-refractivity contribution >= 4 is 17.5 Å². The normalized spacial score (nSPS) is 14.7. The van der Waals surface area contributed by atoms with E-state index in [9.17, 15) is 9.18 Å². The Hall–Kier alpha value is -2.90. The summed E-state index contributed by atoms with van der Waals surface area (Å²) in [7, 11) is 0. The second kappa shape index (κ2) is 9.28. The zero-order chi connectivity index (χ0) is 20.9. The van der Waals surface area contributed by atoms with Crippen molar-refractivity contribution < 1.29 is 13.9 Å². The van der Waals surface area contributed by atoms with E-state index in [0.29, 0.717) is 36.1 Å². The Labute approximate surface area is 179 Å². The second-order valence-corrected chi connectivity index (χ2v) is 7.58. The van der Waals surface area contributed by atoms with Gasteiger partial charge in [-0.1, -0.05) is 23.7 Å². The molecule has 0 N–H and O–H groups in total. The van der Waals surface area contributed by atoms with Crippen LogP contribution in [-0.4, -0.2) is 51.7 Å². The van der Waals surface area contributed by atoms with E-state index < -0.39 is 0 Å². The highest BCUT2D eigenvalue weighted by Crippen LogP contribution is 2.17. The molecule has 1 aliphatic heterocycles. The van der Waals surface area contributed by atoms with Crippen molar-refractivity contribution in [3.8, 4) is 5.75 Å². The molecule has 2 heterocycles. The highest BCUT2D eigenvalue weighted by atomic mass is 35.5. The Morgan fingerprint density at radius 3 is 2.57 bits per heavy atom. The maximum Gasteiger partial charge on any atom is 0.272 e. The van der Waals surface area contributed by atoms with Gasteiger partial charge in [0.05, 0.1) is 0 Å². The number of hydrogen-bond donors (Lipinski definition) is 0. The average molecular weight is 429 g/mol. The number of nitrogens with zero attached hydrogens (tertiary/aromatic N) is 4. The number of hydrogen-bond acceptors (Lipinski definition) is 4. The summed E-state index contributed by atoms with van der Waals surface area (Å²) in [5.74, 6) is 0.354. The summed E-state index contributed by atoms with van der Waals surface area (Å²) < 4.78 is 20.6. The summed E-state index contributed by atoms with van der Waals surface area (Å²) in [4.78, 5) is 17.0. The van der Waals surface area contributed by atoms with E-state index in [2.05, 4.69) is 10.00 Å². The van der Waals surface area contributed by atoms with Crippen LogP contribution in [0.4, 0.5) is 4.39 Å². The van der Waals surface area contributed by atoms with E-state index in [1.54, 1.807) is 53.3 Å². The van der Waals surface area contributed by atoms with Crippen LogP contribution in [-0.2, 0) is 13.3 Å². The maximum absolute atomic E-state index is 13.4. The molecule has 0 atom stereocenters. The maximum atomic E-state index is 13.4. The van der Waals surface area contributed by atoms with Gasteiger partial charge >= 0.3 is 0 Å². The van der Waals surface area contributed by atoms with Gasteiger partial charge < -0.3 is 9.64 Å². The first kappa shape index (κ1) is 20.4. The van der Waals surface area contributed by atoms with Crippen molar-refractivity contribution in [2.75, 3.05) is 26.2 Å². The molecule has 1 aromatic heterocycles. The van der Waals surface area contributed by atoms with E-state index in [0.717, 1.165) is 18.7 Å². The van der Waals surface area contributed by atoms with Crippen molar-refractivity contribution in [2.45, 2.75) is 13.3 Å². The molecular weight excluding hydrogens is 407 g/mol. The molecule has 1 amide bonds. The fraction of sp³-hybridized carbons (Fsp3) is 0.273. The van der Waals surface area contributed by atoms with Crippen LogP contribution in [0.2, 0.25) is 5.02 Å². The lowest BCUT2D eigenvalue weighted by atomic mass is 10.2. The molecular formula is C22H22ClFN4O2. The molecule has 30 heavy (non-hydrogen) atoms. The lowest BCUT2D eigenvalue weighted by molar-refractivity contribution is 0.0607. The Morgan fingerprint density at radius 2 is 1.83 bits per heavy atom. The zero-order valence-corrected chi connectivity index (χ0v) is 17.1. The molecule has 3 aromatic rings. The fourth-order valence-electron chi connectivity index (χ4n) is 3.45. The van der Waals surface area contributed by atoms with Crippen LogP contribution in [0.3, 0.4) is 0 Å². The third kappa shape index (κ3) is 4.98. The molecule has 1 saturated heterocycles. The number of aromatic nitrogens is 2. The number of rotatable bonds is 6. The highest BCUT2D eigenvalue weighted by Gasteiger charge is 2.24. The Morgan fingerprint density at radius 1 is 1.07 bits per heavy atom. The van der Waals surface area contributed by atoms with E-state index in [-0.39, 0.29) is 18.5 Å². The van der Waals surface area contributed by atoms with E-state index in [4.69, 9.17) is 16.3 Å². The largest absolute Gasteiger partial charge is 0.471 e. The standard InChI is InChI=1S/C22H22ClFN4O2/c23-18-4-6-20(7-5-18)30-16-28-21(8-9-25-28)22(29)27-12-10-26(11-13-27)15-17-2-1-3-19(24)14-17/h1-9,14H,10-13,15-16H2. The van der Waals surface area contributed by atoms with Crippen LogP contribution in [0, 0.1) is 5.82 Å². The summed E-state index contributed by atoms with van der Waals surface area (Å²) in [5, 5.41) is 4.85. The van der Waals surface area contributed by atoms with E-state index in [1.165, 1.54) is 6.07 Å². The average Bonchev–Trinajstić information content (AvgIpc) is 3.22. The topological polar surface area (TPSA) is 50.6 Å². The summed E-state index contributed by atoms with van der Waals surface area (Å²) in [6.07, 6.45) is 1.60. The van der Waals surface area contributed by atoms with Gasteiger partial charge in [0.15, 0.2) is 6.73 Å². The van der Waals surface area contributed by atoms with Crippen molar-refractivity contribution in [1.82, 2.24) is 19.6 Å². The first-order chi connectivity index (χ1) is 14.6. The van der Waals surface area contributed by atoms with Crippen LogP contribution < -0.4 is 4.74 Å². The van der Waals surface area contributed by atoms with Crippen molar-refractivity contribution in [2.24, 2.45) is 0 Å². The molecule has 156 valence electrons. The molecule has 8 heteroatoms. The zero-order valence-electron chi connectivity index (χ0n) is 16.4. The number of halogens is 2. The van der Waals surface area contributed by atoms with Crippen molar-refractivity contribution in [3.63, 3.8) is 0 Å². The quantitative estimate of drug-likeness (QED) is 0.601. The molecule has 1 fully saturated rings. The van der Waals surface area contributed by atoms with Gasteiger partial charge in [0.1, 0.15) is 17.3 Å². The highest BCUT2D eigenvalue weighted by molar-refractivity contribution is 6.30. The van der Waals surface area contributed by atoms with Gasteiger partial charge in [0.2, 0.25) is 0 Å². The molecule has 1 aliphatic rings. The molecule has 0 spiro atoms. The minimum absolute atomic E-state index is 0.0717. The van der Waals surface area contributed by atoms with Crippen LogP contribution in [0.1, 0.15) is 16.1 Å². The van der Waals surface area contributed by atoms with Gasteiger partial charge in [-0.3, -0.25) is 9.69 Å². The minimum Gasteiger partial charge on any atom is -0.471 e. The lowest BCUT2D eigenvalue weighted by Gasteiger charge is -2.34. The first-order valence-corrected chi connectivity index (χ1v) is 10.1. The van der Waals surface area contributed by atoms with Crippen molar-refractivity contribution in [3.05, 3.63) is 82.9 Å².